The van der Waals surface area contributed by atoms with Crippen molar-refractivity contribution >= 4 is 17.6 Å². The van der Waals surface area contributed by atoms with Crippen molar-refractivity contribution in [3.63, 3.8) is 0 Å². The number of carbonyl (C=O) groups excluding carboxylic acids is 1. The van der Waals surface area contributed by atoms with E-state index in [0.717, 1.165) is 12.8 Å². The molecule has 1 aliphatic rings. The van der Waals surface area contributed by atoms with Crippen LogP contribution in [0.2, 0.25) is 0 Å². The zero-order chi connectivity index (χ0) is 14.4. The number of benzene rings is 1. The van der Waals surface area contributed by atoms with E-state index >= 15 is 0 Å². The Labute approximate surface area is 118 Å². The highest BCUT2D eigenvalue weighted by molar-refractivity contribution is 5.92. The molecule has 3 N–H and O–H groups in total. The van der Waals surface area contributed by atoms with Gasteiger partial charge in [-0.2, -0.15) is 0 Å². The van der Waals surface area contributed by atoms with Gasteiger partial charge in [0, 0.05) is 11.7 Å². The van der Waals surface area contributed by atoms with Gasteiger partial charge in [0.15, 0.2) is 0 Å². The fourth-order valence-corrected chi connectivity index (χ4v) is 2.51. The molecule has 5 nitrogen and oxygen atoms in total. The SMILES string of the molecule is O=C(O)Cc1cccc(NC(=O)CNC2CCCC2)c1. The number of aliphatic carboxylic acids is 1. The van der Waals surface area contributed by atoms with Gasteiger partial charge in [-0.3, -0.25) is 9.59 Å². The fourth-order valence-electron chi connectivity index (χ4n) is 2.51. The van der Waals surface area contributed by atoms with Crippen LogP contribution >= 0.6 is 0 Å². The van der Waals surface area contributed by atoms with E-state index < -0.39 is 5.97 Å². The summed E-state index contributed by atoms with van der Waals surface area (Å²) in [7, 11) is 0. The molecule has 108 valence electrons. The Kier molecular flexibility index (Phi) is 5.12. The molecule has 2 rings (SSSR count). The van der Waals surface area contributed by atoms with Crippen molar-refractivity contribution in [1.29, 1.82) is 0 Å². The molecule has 0 heterocycles. The average molecular weight is 276 g/mol. The summed E-state index contributed by atoms with van der Waals surface area (Å²) in [4.78, 5) is 22.5. The van der Waals surface area contributed by atoms with Crippen LogP contribution in [0.4, 0.5) is 5.69 Å². The highest BCUT2D eigenvalue weighted by atomic mass is 16.4. The van der Waals surface area contributed by atoms with E-state index in [-0.39, 0.29) is 12.3 Å². The first kappa shape index (κ1) is 14.5. The van der Waals surface area contributed by atoms with Crippen LogP contribution in [-0.2, 0) is 16.0 Å². The standard InChI is InChI=1S/C15H20N2O3/c18-14(10-16-12-5-1-2-6-12)17-13-7-3-4-11(8-13)9-15(19)20/h3-4,7-8,12,16H,1-2,5-6,9-10H2,(H,17,18)(H,19,20). The molecular formula is C15H20N2O3. The van der Waals surface area contributed by atoms with E-state index in [0.29, 0.717) is 23.8 Å². The molecule has 0 aromatic heterocycles. The zero-order valence-corrected chi connectivity index (χ0v) is 11.4. The van der Waals surface area contributed by atoms with Gasteiger partial charge < -0.3 is 15.7 Å². The number of hydrogen-bond acceptors (Lipinski definition) is 3. The van der Waals surface area contributed by atoms with E-state index in [1.165, 1.54) is 12.8 Å². The number of carbonyl (C=O) groups is 2. The molecule has 5 heteroatoms. The molecule has 0 spiro atoms. The van der Waals surface area contributed by atoms with Crippen LogP contribution < -0.4 is 10.6 Å². The van der Waals surface area contributed by atoms with E-state index in [1.807, 2.05) is 0 Å². The number of hydrogen-bond donors (Lipinski definition) is 3. The molecule has 0 radical (unpaired) electrons. The lowest BCUT2D eigenvalue weighted by molar-refractivity contribution is -0.136. The minimum absolute atomic E-state index is 0.0377. The van der Waals surface area contributed by atoms with Gasteiger partial charge in [0.05, 0.1) is 13.0 Å². The highest BCUT2D eigenvalue weighted by Gasteiger charge is 2.15. The Bertz CT molecular complexity index is 482. The summed E-state index contributed by atoms with van der Waals surface area (Å²) in [6.45, 7) is 0.299. The van der Waals surface area contributed by atoms with Crippen molar-refractivity contribution in [1.82, 2.24) is 5.32 Å². The molecule has 1 saturated carbocycles. The summed E-state index contributed by atoms with van der Waals surface area (Å²) >= 11 is 0. The quantitative estimate of drug-likeness (QED) is 0.740. The number of anilines is 1. The minimum Gasteiger partial charge on any atom is -0.481 e. The van der Waals surface area contributed by atoms with Crippen LogP contribution in [0.1, 0.15) is 31.2 Å². The average Bonchev–Trinajstić information content (AvgIpc) is 2.89. The van der Waals surface area contributed by atoms with E-state index in [2.05, 4.69) is 10.6 Å². The molecule has 0 unspecified atom stereocenters. The predicted octanol–water partition coefficient (Wildman–Crippen LogP) is 1.78. The molecule has 0 aliphatic heterocycles. The first-order valence-electron chi connectivity index (χ1n) is 6.97. The lowest BCUT2D eigenvalue weighted by Gasteiger charge is -2.12. The number of nitrogens with one attached hydrogen (secondary N) is 2. The van der Waals surface area contributed by atoms with E-state index in [4.69, 9.17) is 5.11 Å². The molecule has 1 aromatic carbocycles. The maximum atomic E-state index is 11.8. The van der Waals surface area contributed by atoms with Crippen LogP contribution in [-0.4, -0.2) is 29.6 Å². The maximum absolute atomic E-state index is 11.8. The predicted molar refractivity (Wildman–Crippen MR) is 76.7 cm³/mol. The summed E-state index contributed by atoms with van der Waals surface area (Å²) in [6.07, 6.45) is 4.71. The van der Waals surface area contributed by atoms with Gasteiger partial charge in [0.2, 0.25) is 5.91 Å². The Morgan fingerprint density at radius 2 is 2.00 bits per heavy atom. The second-order valence-electron chi connectivity index (χ2n) is 5.18. The number of rotatable bonds is 6. The Hall–Kier alpha value is -1.88. The van der Waals surface area contributed by atoms with Gasteiger partial charge >= 0.3 is 5.97 Å². The first-order chi connectivity index (χ1) is 9.63. The summed E-state index contributed by atoms with van der Waals surface area (Å²) < 4.78 is 0. The van der Waals surface area contributed by atoms with Crippen molar-refractivity contribution in [3.8, 4) is 0 Å². The van der Waals surface area contributed by atoms with Crippen LogP contribution in [0.25, 0.3) is 0 Å². The monoisotopic (exact) mass is 276 g/mol. The van der Waals surface area contributed by atoms with E-state index in [1.54, 1.807) is 24.3 Å². The zero-order valence-electron chi connectivity index (χ0n) is 11.4. The van der Waals surface area contributed by atoms with Crippen LogP contribution in [0.3, 0.4) is 0 Å². The van der Waals surface area contributed by atoms with E-state index in [9.17, 15) is 9.59 Å². The molecule has 1 aliphatic carbocycles. The third-order valence-corrected chi connectivity index (χ3v) is 3.47. The fraction of sp³-hybridized carbons (Fsp3) is 0.467. The second-order valence-corrected chi connectivity index (χ2v) is 5.18. The van der Waals surface area contributed by atoms with Crippen molar-refractivity contribution < 1.29 is 14.7 Å². The lowest BCUT2D eigenvalue weighted by Crippen LogP contribution is -2.34. The van der Waals surface area contributed by atoms with Crippen molar-refractivity contribution in [3.05, 3.63) is 29.8 Å². The molecule has 1 amide bonds. The Morgan fingerprint density at radius 3 is 2.70 bits per heavy atom. The third-order valence-electron chi connectivity index (χ3n) is 3.47. The van der Waals surface area contributed by atoms with Crippen LogP contribution in [0.5, 0.6) is 0 Å². The smallest absolute Gasteiger partial charge is 0.307 e. The number of carboxylic acids is 1. The Morgan fingerprint density at radius 1 is 1.25 bits per heavy atom. The lowest BCUT2D eigenvalue weighted by atomic mass is 10.1. The molecule has 20 heavy (non-hydrogen) atoms. The maximum Gasteiger partial charge on any atom is 0.307 e. The van der Waals surface area contributed by atoms with Gasteiger partial charge in [-0.05, 0) is 30.5 Å². The Balaban J connectivity index is 1.82. The molecule has 0 bridgehead atoms. The third kappa shape index (κ3) is 4.66. The molecule has 0 atom stereocenters. The van der Waals surface area contributed by atoms with Gasteiger partial charge in [-0.1, -0.05) is 25.0 Å². The number of carboxylic acid groups (broad SMARTS) is 1. The molecular weight excluding hydrogens is 256 g/mol. The summed E-state index contributed by atoms with van der Waals surface area (Å²) in [5.41, 5.74) is 1.32. The second kappa shape index (κ2) is 7.05. The topological polar surface area (TPSA) is 78.4 Å². The van der Waals surface area contributed by atoms with Gasteiger partial charge in [0.25, 0.3) is 0 Å². The molecule has 1 fully saturated rings. The van der Waals surface area contributed by atoms with Crippen LogP contribution in [0, 0.1) is 0 Å². The van der Waals surface area contributed by atoms with Crippen molar-refractivity contribution in [2.75, 3.05) is 11.9 Å². The largest absolute Gasteiger partial charge is 0.481 e. The molecule has 0 saturated heterocycles. The van der Waals surface area contributed by atoms with Gasteiger partial charge in [0.1, 0.15) is 0 Å². The minimum atomic E-state index is -0.878. The summed E-state index contributed by atoms with van der Waals surface area (Å²) in [5, 5.41) is 14.8. The first-order valence-corrected chi connectivity index (χ1v) is 6.97. The number of amides is 1. The highest BCUT2D eigenvalue weighted by Crippen LogP contribution is 2.17. The summed E-state index contributed by atoms with van der Waals surface area (Å²) in [5.74, 6) is -0.972. The van der Waals surface area contributed by atoms with Gasteiger partial charge in [-0.25, -0.2) is 0 Å². The van der Waals surface area contributed by atoms with Gasteiger partial charge in [-0.15, -0.1) is 0 Å². The van der Waals surface area contributed by atoms with Crippen molar-refractivity contribution in [2.45, 2.75) is 38.1 Å². The van der Waals surface area contributed by atoms with Crippen molar-refractivity contribution in [2.24, 2.45) is 0 Å². The van der Waals surface area contributed by atoms with Crippen LogP contribution in [0.15, 0.2) is 24.3 Å². The normalized spacial score (nSPS) is 15.2. The summed E-state index contributed by atoms with van der Waals surface area (Å²) in [6, 6.07) is 7.40. The molecule has 1 aromatic rings.